The number of hydrogen-bond acceptors (Lipinski definition) is 4. The number of likely N-dealkylation sites (tertiary alicyclic amines) is 2. The van der Waals surface area contributed by atoms with Crippen LogP contribution in [0, 0.1) is 11.8 Å². The number of piperidine rings is 2. The number of nitrogens with zero attached hydrogens (tertiary/aromatic N) is 2. The van der Waals surface area contributed by atoms with Gasteiger partial charge >= 0.3 is 0 Å². The van der Waals surface area contributed by atoms with Gasteiger partial charge in [0, 0.05) is 19.6 Å². The Labute approximate surface area is 143 Å². The van der Waals surface area contributed by atoms with E-state index in [4.69, 9.17) is 9.47 Å². The van der Waals surface area contributed by atoms with E-state index in [1.165, 1.54) is 51.9 Å². The zero-order chi connectivity index (χ0) is 16.7. The van der Waals surface area contributed by atoms with Crippen LogP contribution < -0.4 is 0 Å². The fourth-order valence-electron chi connectivity index (χ4n) is 3.91. The first-order valence-corrected chi connectivity index (χ1v) is 9.67. The highest BCUT2D eigenvalue weighted by molar-refractivity contribution is 4.75. The maximum Gasteiger partial charge on any atom is 0.0674 e. The molecule has 3 unspecified atom stereocenters. The second-order valence-corrected chi connectivity index (χ2v) is 8.06. The summed E-state index contributed by atoms with van der Waals surface area (Å²) in [4.78, 5) is 5.02. The predicted octanol–water partition coefficient (Wildman–Crippen LogP) is 2.87. The van der Waals surface area contributed by atoms with Gasteiger partial charge in [0.1, 0.15) is 0 Å². The smallest absolute Gasteiger partial charge is 0.0674 e. The Morgan fingerprint density at radius 1 is 0.913 bits per heavy atom. The third kappa shape index (κ3) is 7.51. The summed E-state index contributed by atoms with van der Waals surface area (Å²) < 4.78 is 12.0. The molecule has 4 nitrogen and oxygen atoms in total. The lowest BCUT2D eigenvalue weighted by Crippen LogP contribution is -2.42. The largest absolute Gasteiger partial charge is 0.378 e. The molecule has 2 aliphatic heterocycles. The summed E-state index contributed by atoms with van der Waals surface area (Å²) in [5.41, 5.74) is 0. The Balaban J connectivity index is 1.62. The molecule has 23 heavy (non-hydrogen) atoms. The van der Waals surface area contributed by atoms with E-state index in [9.17, 15) is 0 Å². The van der Waals surface area contributed by atoms with E-state index in [1.807, 2.05) is 0 Å². The second kappa shape index (κ2) is 9.97. The molecular weight excluding hydrogens is 288 g/mol. The second-order valence-electron chi connectivity index (χ2n) is 8.06. The Morgan fingerprint density at radius 3 is 2.26 bits per heavy atom. The molecule has 0 amide bonds. The highest BCUT2D eigenvalue weighted by atomic mass is 16.5. The van der Waals surface area contributed by atoms with E-state index < -0.39 is 0 Å². The van der Waals surface area contributed by atoms with E-state index in [0.29, 0.717) is 18.1 Å². The fraction of sp³-hybridized carbons (Fsp3) is 1.00. The van der Waals surface area contributed by atoms with Crippen molar-refractivity contribution in [2.75, 3.05) is 53.0 Å². The average Bonchev–Trinajstić information content (AvgIpc) is 2.51. The number of rotatable bonds is 8. The molecule has 2 fully saturated rings. The van der Waals surface area contributed by atoms with Crippen molar-refractivity contribution in [3.8, 4) is 0 Å². The molecule has 2 saturated heterocycles. The van der Waals surface area contributed by atoms with Crippen LogP contribution in [0.1, 0.15) is 46.5 Å². The number of ether oxygens (including phenoxy) is 2. The summed E-state index contributed by atoms with van der Waals surface area (Å²) in [5.74, 6) is 1.43. The molecule has 0 aliphatic carbocycles. The first kappa shape index (κ1) is 19.2. The Hall–Kier alpha value is -0.160. The molecule has 0 aromatic carbocycles. The monoisotopic (exact) mass is 326 g/mol. The van der Waals surface area contributed by atoms with Gasteiger partial charge < -0.3 is 19.3 Å². The highest BCUT2D eigenvalue weighted by Crippen LogP contribution is 2.19. The van der Waals surface area contributed by atoms with Gasteiger partial charge in [0.05, 0.1) is 25.4 Å². The van der Waals surface area contributed by atoms with E-state index >= 15 is 0 Å². The lowest BCUT2D eigenvalue weighted by Gasteiger charge is -2.35. The number of hydrogen-bond donors (Lipinski definition) is 0. The van der Waals surface area contributed by atoms with E-state index in [-0.39, 0.29) is 0 Å². The molecule has 0 bridgehead atoms. The molecule has 0 radical (unpaired) electrons. The minimum Gasteiger partial charge on any atom is -0.378 e. The van der Waals surface area contributed by atoms with Gasteiger partial charge in [0.2, 0.25) is 0 Å². The molecule has 0 N–H and O–H groups in total. The summed E-state index contributed by atoms with van der Waals surface area (Å²) in [6.07, 6.45) is 5.95. The molecule has 2 heterocycles. The standard InChI is InChI=1S/C19H38N2O2/c1-16(2)22-14-19-8-6-10-21(13-19)11-17(3)23-15-18-7-5-9-20(4)12-18/h16-19H,5-15H2,1-4H3. The Morgan fingerprint density at radius 2 is 1.57 bits per heavy atom. The first-order chi connectivity index (χ1) is 11.0. The molecule has 2 aliphatic rings. The third-order valence-electron chi connectivity index (χ3n) is 5.12. The summed E-state index contributed by atoms with van der Waals surface area (Å²) in [6, 6.07) is 0. The van der Waals surface area contributed by atoms with Crippen LogP contribution in [0.5, 0.6) is 0 Å². The average molecular weight is 327 g/mol. The summed E-state index contributed by atoms with van der Waals surface area (Å²) in [7, 11) is 2.22. The van der Waals surface area contributed by atoms with E-state index in [0.717, 1.165) is 25.7 Å². The molecule has 0 aromatic heterocycles. The van der Waals surface area contributed by atoms with Gasteiger partial charge in [-0.2, -0.15) is 0 Å². The molecule has 0 spiro atoms. The molecule has 4 heteroatoms. The maximum absolute atomic E-state index is 6.17. The van der Waals surface area contributed by atoms with Crippen molar-refractivity contribution in [1.82, 2.24) is 9.80 Å². The molecule has 2 rings (SSSR count). The van der Waals surface area contributed by atoms with Gasteiger partial charge in [-0.25, -0.2) is 0 Å². The highest BCUT2D eigenvalue weighted by Gasteiger charge is 2.23. The molecule has 3 atom stereocenters. The Bertz CT molecular complexity index is 324. The topological polar surface area (TPSA) is 24.9 Å². The predicted molar refractivity (Wildman–Crippen MR) is 95.9 cm³/mol. The van der Waals surface area contributed by atoms with Gasteiger partial charge in [-0.15, -0.1) is 0 Å². The Kier molecular flexibility index (Phi) is 8.31. The van der Waals surface area contributed by atoms with Crippen molar-refractivity contribution in [2.45, 2.75) is 58.7 Å². The van der Waals surface area contributed by atoms with Crippen LogP contribution in [0.4, 0.5) is 0 Å². The van der Waals surface area contributed by atoms with Crippen molar-refractivity contribution < 1.29 is 9.47 Å². The van der Waals surface area contributed by atoms with Gasteiger partial charge in [0.15, 0.2) is 0 Å². The molecule has 0 aromatic rings. The van der Waals surface area contributed by atoms with Gasteiger partial charge in [-0.1, -0.05) is 0 Å². The summed E-state index contributed by atoms with van der Waals surface area (Å²) >= 11 is 0. The van der Waals surface area contributed by atoms with Crippen LogP contribution in [-0.2, 0) is 9.47 Å². The molecular formula is C19H38N2O2. The zero-order valence-corrected chi connectivity index (χ0v) is 15.8. The van der Waals surface area contributed by atoms with Gasteiger partial charge in [0.25, 0.3) is 0 Å². The van der Waals surface area contributed by atoms with Crippen LogP contribution in [-0.4, -0.2) is 75.0 Å². The minimum atomic E-state index is 0.340. The van der Waals surface area contributed by atoms with E-state index in [2.05, 4.69) is 37.6 Å². The quantitative estimate of drug-likeness (QED) is 0.685. The van der Waals surface area contributed by atoms with Crippen molar-refractivity contribution in [3.05, 3.63) is 0 Å². The lowest BCUT2D eigenvalue weighted by atomic mass is 9.98. The SMILES string of the molecule is CC(C)OCC1CCCN(CC(C)OCC2CCCN(C)C2)C1. The zero-order valence-electron chi connectivity index (χ0n) is 15.8. The molecule has 136 valence electrons. The normalized spacial score (nSPS) is 29.1. The summed E-state index contributed by atoms with van der Waals surface area (Å²) in [5, 5.41) is 0. The van der Waals surface area contributed by atoms with Crippen LogP contribution in [0.3, 0.4) is 0 Å². The van der Waals surface area contributed by atoms with E-state index in [1.54, 1.807) is 0 Å². The molecule has 0 saturated carbocycles. The fourth-order valence-corrected chi connectivity index (χ4v) is 3.91. The van der Waals surface area contributed by atoms with Crippen molar-refractivity contribution in [3.63, 3.8) is 0 Å². The lowest BCUT2D eigenvalue weighted by molar-refractivity contribution is -0.0139. The van der Waals surface area contributed by atoms with Crippen molar-refractivity contribution >= 4 is 0 Å². The van der Waals surface area contributed by atoms with Crippen molar-refractivity contribution in [2.24, 2.45) is 11.8 Å². The minimum absolute atomic E-state index is 0.340. The first-order valence-electron chi connectivity index (χ1n) is 9.67. The maximum atomic E-state index is 6.17. The van der Waals surface area contributed by atoms with Crippen LogP contribution >= 0.6 is 0 Å². The van der Waals surface area contributed by atoms with Crippen molar-refractivity contribution in [1.29, 1.82) is 0 Å². The van der Waals surface area contributed by atoms with Crippen LogP contribution in [0.15, 0.2) is 0 Å². The van der Waals surface area contributed by atoms with Crippen LogP contribution in [0.2, 0.25) is 0 Å². The third-order valence-corrected chi connectivity index (χ3v) is 5.12. The van der Waals surface area contributed by atoms with Gasteiger partial charge in [-0.3, -0.25) is 0 Å². The van der Waals surface area contributed by atoms with Crippen LogP contribution in [0.25, 0.3) is 0 Å². The summed E-state index contributed by atoms with van der Waals surface area (Å²) in [6.45, 7) is 14.2. The van der Waals surface area contributed by atoms with Gasteiger partial charge in [-0.05, 0) is 78.4 Å².